The second-order valence-corrected chi connectivity index (χ2v) is 9.40. The predicted octanol–water partition coefficient (Wildman–Crippen LogP) is 4.97. The summed E-state index contributed by atoms with van der Waals surface area (Å²) in [4.78, 5) is 31.2. The first-order valence-electron chi connectivity index (χ1n) is 11.2. The summed E-state index contributed by atoms with van der Waals surface area (Å²) >= 11 is 1.34. The average Bonchev–Trinajstić information content (AvgIpc) is 3.49. The van der Waals surface area contributed by atoms with Crippen molar-refractivity contribution in [2.24, 2.45) is 0 Å². The zero-order valence-electron chi connectivity index (χ0n) is 18.5. The molecule has 1 N–H and O–H groups in total. The summed E-state index contributed by atoms with van der Waals surface area (Å²) in [5.41, 5.74) is 2.87. The molecule has 1 aliphatic rings. The fraction of sp³-hybridized carbons (Fsp3) is 0.154. The highest BCUT2D eigenvalue weighted by Gasteiger charge is 2.28. The van der Waals surface area contributed by atoms with Crippen LogP contribution in [0.25, 0.3) is 27.0 Å². The Morgan fingerprint density at radius 2 is 1.89 bits per heavy atom. The molecule has 1 amide bonds. The number of hydrogen-bond donors (Lipinski definition) is 1. The zero-order chi connectivity index (χ0) is 23.9. The molecule has 5 aromatic rings. The topological polar surface area (TPSA) is 81.8 Å². The molecule has 0 unspecified atom stereocenters. The Bertz CT molecular complexity index is 1600. The van der Waals surface area contributed by atoms with Crippen molar-refractivity contribution in [3.05, 3.63) is 94.2 Å². The van der Waals surface area contributed by atoms with Crippen molar-refractivity contribution in [2.45, 2.75) is 25.3 Å². The molecule has 9 heteroatoms. The molecule has 1 fully saturated rings. The van der Waals surface area contributed by atoms with E-state index in [0.29, 0.717) is 27.5 Å². The van der Waals surface area contributed by atoms with Crippen molar-refractivity contribution < 1.29 is 9.18 Å². The van der Waals surface area contributed by atoms with Gasteiger partial charge in [-0.1, -0.05) is 30.3 Å². The minimum atomic E-state index is -0.355. The van der Waals surface area contributed by atoms with Gasteiger partial charge < -0.3 is 5.32 Å². The van der Waals surface area contributed by atoms with Crippen LogP contribution in [0, 0.1) is 5.82 Å². The van der Waals surface area contributed by atoms with Gasteiger partial charge in [0.15, 0.2) is 0 Å². The second-order valence-electron chi connectivity index (χ2n) is 8.54. The van der Waals surface area contributed by atoms with Crippen molar-refractivity contribution in [1.29, 1.82) is 0 Å². The van der Waals surface area contributed by atoms with Gasteiger partial charge in [-0.15, -0.1) is 11.3 Å². The number of aromatic nitrogens is 4. The Morgan fingerprint density at radius 3 is 2.63 bits per heavy atom. The van der Waals surface area contributed by atoms with Crippen LogP contribution in [0.1, 0.15) is 24.5 Å². The number of rotatable bonds is 6. The molecule has 0 atom stereocenters. The van der Waals surface area contributed by atoms with E-state index in [1.54, 1.807) is 16.8 Å². The van der Waals surface area contributed by atoms with Crippen LogP contribution in [0.5, 0.6) is 0 Å². The number of fused-ring (bicyclic) bond motifs is 1. The molecule has 0 radical (unpaired) electrons. The molecule has 2 aromatic carbocycles. The van der Waals surface area contributed by atoms with Gasteiger partial charge in [-0.3, -0.25) is 14.2 Å². The molecule has 3 aromatic heterocycles. The molecular formula is C26H20FN5O2S. The van der Waals surface area contributed by atoms with Crippen LogP contribution in [0.2, 0.25) is 0 Å². The Balaban J connectivity index is 1.30. The SMILES string of the molecule is O=C(Cn1cnc2scc(-c3ccc(F)cc3)c2c1=O)Nc1cc(C2CC2)nn1-c1ccccc1. The Labute approximate surface area is 203 Å². The molecule has 1 saturated carbocycles. The first kappa shape index (κ1) is 21.4. The second kappa shape index (κ2) is 8.59. The number of para-hydroxylation sites is 1. The molecule has 35 heavy (non-hydrogen) atoms. The quantitative estimate of drug-likeness (QED) is 0.368. The number of benzene rings is 2. The van der Waals surface area contributed by atoms with Gasteiger partial charge >= 0.3 is 0 Å². The third-order valence-electron chi connectivity index (χ3n) is 6.02. The van der Waals surface area contributed by atoms with Crippen LogP contribution < -0.4 is 10.9 Å². The lowest BCUT2D eigenvalue weighted by Gasteiger charge is -2.10. The van der Waals surface area contributed by atoms with Crippen LogP contribution in [-0.2, 0) is 11.3 Å². The van der Waals surface area contributed by atoms with E-state index < -0.39 is 0 Å². The molecule has 0 saturated heterocycles. The molecule has 7 nitrogen and oxygen atoms in total. The lowest BCUT2D eigenvalue weighted by molar-refractivity contribution is -0.116. The minimum Gasteiger partial charge on any atom is -0.309 e. The van der Waals surface area contributed by atoms with E-state index in [1.807, 2.05) is 41.8 Å². The molecule has 0 bridgehead atoms. The molecular weight excluding hydrogens is 465 g/mol. The summed E-state index contributed by atoms with van der Waals surface area (Å²) in [6, 6.07) is 17.5. The van der Waals surface area contributed by atoms with E-state index in [9.17, 15) is 14.0 Å². The number of nitrogens with zero attached hydrogens (tertiary/aromatic N) is 4. The monoisotopic (exact) mass is 485 g/mol. The maximum atomic E-state index is 13.4. The molecule has 0 spiro atoms. The number of carbonyl (C=O) groups is 1. The first-order chi connectivity index (χ1) is 17.1. The van der Waals surface area contributed by atoms with Crippen molar-refractivity contribution in [3.8, 4) is 16.8 Å². The van der Waals surface area contributed by atoms with Crippen LogP contribution in [0.4, 0.5) is 10.2 Å². The molecule has 1 aliphatic carbocycles. The number of hydrogen-bond acceptors (Lipinski definition) is 5. The van der Waals surface area contributed by atoms with Crippen molar-refractivity contribution >= 4 is 33.3 Å². The number of nitrogens with one attached hydrogen (secondary N) is 1. The highest BCUT2D eigenvalue weighted by atomic mass is 32.1. The zero-order valence-corrected chi connectivity index (χ0v) is 19.3. The fourth-order valence-electron chi connectivity index (χ4n) is 4.09. The van der Waals surface area contributed by atoms with E-state index in [0.717, 1.165) is 29.8 Å². The van der Waals surface area contributed by atoms with Crippen LogP contribution >= 0.6 is 11.3 Å². The van der Waals surface area contributed by atoms with E-state index >= 15 is 0 Å². The average molecular weight is 486 g/mol. The van der Waals surface area contributed by atoms with E-state index in [-0.39, 0.29) is 23.8 Å². The lowest BCUT2D eigenvalue weighted by Crippen LogP contribution is -2.28. The summed E-state index contributed by atoms with van der Waals surface area (Å²) in [5.74, 6) is 0.285. The summed E-state index contributed by atoms with van der Waals surface area (Å²) in [6.45, 7) is -0.195. The van der Waals surface area contributed by atoms with Crippen LogP contribution in [-0.4, -0.2) is 25.2 Å². The maximum Gasteiger partial charge on any atom is 0.263 e. The van der Waals surface area contributed by atoms with Gasteiger partial charge in [0.2, 0.25) is 5.91 Å². The molecule has 0 aliphatic heterocycles. The standard InChI is InChI=1S/C26H20FN5O2S/c27-18-10-8-16(9-11-18)20-14-35-25-24(20)26(34)31(15-28-25)13-23(33)29-22-12-21(17-6-7-17)30-32(22)19-4-2-1-3-5-19/h1-5,8-12,14-15,17H,6-7,13H2,(H,29,33). The van der Waals surface area contributed by atoms with Gasteiger partial charge in [-0.25, -0.2) is 14.1 Å². The van der Waals surface area contributed by atoms with Gasteiger partial charge in [-0.05, 0) is 42.7 Å². The number of amides is 1. The van der Waals surface area contributed by atoms with E-state index in [2.05, 4.69) is 10.3 Å². The highest BCUT2D eigenvalue weighted by molar-refractivity contribution is 7.17. The molecule has 3 heterocycles. The van der Waals surface area contributed by atoms with Crippen LogP contribution in [0.3, 0.4) is 0 Å². The third-order valence-corrected chi connectivity index (χ3v) is 6.91. The van der Waals surface area contributed by atoms with Crippen LogP contribution in [0.15, 0.2) is 77.2 Å². The van der Waals surface area contributed by atoms with Crippen molar-refractivity contribution in [2.75, 3.05) is 5.32 Å². The van der Waals surface area contributed by atoms with E-state index in [4.69, 9.17) is 5.10 Å². The maximum absolute atomic E-state index is 13.4. The van der Waals surface area contributed by atoms with Crippen molar-refractivity contribution in [3.63, 3.8) is 0 Å². The summed E-state index contributed by atoms with van der Waals surface area (Å²) < 4.78 is 16.4. The molecule has 6 rings (SSSR count). The Kier molecular flexibility index (Phi) is 5.26. The third kappa shape index (κ3) is 4.15. The van der Waals surface area contributed by atoms with Gasteiger partial charge in [-0.2, -0.15) is 5.10 Å². The number of anilines is 1. The number of halogens is 1. The Morgan fingerprint density at radius 1 is 1.11 bits per heavy atom. The normalized spacial score (nSPS) is 13.3. The highest BCUT2D eigenvalue weighted by Crippen LogP contribution is 2.40. The Hall–Kier alpha value is -4.11. The first-order valence-corrected chi connectivity index (χ1v) is 12.1. The number of carbonyl (C=O) groups excluding carboxylic acids is 1. The number of thiophene rings is 1. The largest absolute Gasteiger partial charge is 0.309 e. The predicted molar refractivity (Wildman–Crippen MR) is 133 cm³/mol. The lowest BCUT2D eigenvalue weighted by atomic mass is 10.1. The minimum absolute atomic E-state index is 0.195. The summed E-state index contributed by atoms with van der Waals surface area (Å²) in [5, 5.41) is 9.87. The van der Waals surface area contributed by atoms with Gasteiger partial charge in [0, 0.05) is 22.9 Å². The fourth-order valence-corrected chi connectivity index (χ4v) is 5.00. The van der Waals surface area contributed by atoms with Crippen molar-refractivity contribution in [1.82, 2.24) is 19.3 Å². The smallest absolute Gasteiger partial charge is 0.263 e. The summed E-state index contributed by atoms with van der Waals surface area (Å²) in [6.07, 6.45) is 3.58. The van der Waals surface area contributed by atoms with Gasteiger partial charge in [0.05, 0.1) is 23.1 Å². The van der Waals surface area contributed by atoms with Gasteiger partial charge in [0.1, 0.15) is 23.0 Å². The van der Waals surface area contributed by atoms with E-state index in [1.165, 1.54) is 34.4 Å². The summed E-state index contributed by atoms with van der Waals surface area (Å²) in [7, 11) is 0. The van der Waals surface area contributed by atoms with Gasteiger partial charge in [0.25, 0.3) is 5.56 Å². The molecule has 174 valence electrons.